The van der Waals surface area contributed by atoms with Crippen molar-refractivity contribution in [2.24, 2.45) is 5.73 Å². The zero-order chi connectivity index (χ0) is 13.7. The highest BCUT2D eigenvalue weighted by Gasteiger charge is 2.10. The minimum Gasteiger partial charge on any atom is -0.330 e. The average Bonchev–Trinajstić information content (AvgIpc) is 3.05. The quantitative estimate of drug-likeness (QED) is 0.824. The number of aromatic nitrogens is 2. The predicted molar refractivity (Wildman–Crippen MR) is 81.6 cm³/mol. The fourth-order valence-corrected chi connectivity index (χ4v) is 3.40. The summed E-state index contributed by atoms with van der Waals surface area (Å²) in [4.78, 5) is 10.3. The smallest absolute Gasteiger partial charge is 0.109 e. The van der Waals surface area contributed by atoms with Crippen LogP contribution in [-0.4, -0.2) is 16.5 Å². The van der Waals surface area contributed by atoms with Crippen LogP contribution in [0.3, 0.4) is 0 Å². The van der Waals surface area contributed by atoms with Crippen molar-refractivity contribution in [2.45, 2.75) is 39.3 Å². The maximum Gasteiger partial charge on any atom is 0.109 e. The van der Waals surface area contributed by atoms with E-state index < -0.39 is 0 Å². The summed E-state index contributed by atoms with van der Waals surface area (Å²) in [6.45, 7) is 5.74. The summed E-state index contributed by atoms with van der Waals surface area (Å²) in [5, 5.41) is 7.84. The Morgan fingerprint density at radius 3 is 3.00 bits per heavy atom. The fourth-order valence-electron chi connectivity index (χ4n) is 1.70. The normalized spacial score (nSPS) is 12.8. The summed E-state index contributed by atoms with van der Waals surface area (Å²) in [6, 6.07) is 0.268. The van der Waals surface area contributed by atoms with Crippen LogP contribution in [-0.2, 0) is 19.4 Å². The Morgan fingerprint density at radius 2 is 2.32 bits per heavy atom. The lowest BCUT2D eigenvalue weighted by Gasteiger charge is -2.09. The number of nitrogens with two attached hydrogens (primary N) is 1. The van der Waals surface area contributed by atoms with Crippen LogP contribution in [0.1, 0.15) is 40.5 Å². The number of nitrogens with zero attached hydrogens (tertiary/aromatic N) is 2. The van der Waals surface area contributed by atoms with E-state index in [0.29, 0.717) is 6.54 Å². The molecule has 0 spiro atoms. The first-order valence-corrected chi connectivity index (χ1v) is 8.23. The van der Waals surface area contributed by atoms with Gasteiger partial charge in [-0.25, -0.2) is 9.97 Å². The molecule has 0 saturated carbocycles. The van der Waals surface area contributed by atoms with Crippen molar-refractivity contribution >= 4 is 22.7 Å². The van der Waals surface area contributed by atoms with Crippen LogP contribution in [0.4, 0.5) is 0 Å². The summed E-state index contributed by atoms with van der Waals surface area (Å²) in [5.41, 5.74) is 6.62. The van der Waals surface area contributed by atoms with Gasteiger partial charge in [0, 0.05) is 29.4 Å². The van der Waals surface area contributed by atoms with E-state index in [4.69, 9.17) is 5.73 Å². The van der Waals surface area contributed by atoms with Gasteiger partial charge < -0.3 is 11.1 Å². The molecular formula is C13H20N4S2. The van der Waals surface area contributed by atoms with E-state index >= 15 is 0 Å². The van der Waals surface area contributed by atoms with E-state index in [2.05, 4.69) is 34.5 Å². The standard InChI is InChI=1S/C13H20N4S2/c1-3-11-7-16-13(19-11)9(2)15-6-10-8-18-12(17-10)4-5-14/h7-9,15H,3-6,14H2,1-2H3. The monoisotopic (exact) mass is 296 g/mol. The van der Waals surface area contributed by atoms with Gasteiger partial charge in [-0.15, -0.1) is 22.7 Å². The average molecular weight is 296 g/mol. The number of hydrogen-bond acceptors (Lipinski definition) is 6. The molecule has 0 radical (unpaired) electrons. The third-order valence-corrected chi connectivity index (χ3v) is 5.12. The number of hydrogen-bond donors (Lipinski definition) is 2. The highest BCUT2D eigenvalue weighted by Crippen LogP contribution is 2.20. The third-order valence-electron chi connectivity index (χ3n) is 2.84. The van der Waals surface area contributed by atoms with Crippen molar-refractivity contribution in [1.82, 2.24) is 15.3 Å². The van der Waals surface area contributed by atoms with Crippen LogP contribution in [0, 0.1) is 0 Å². The number of aryl methyl sites for hydroxylation is 1. The molecule has 0 aliphatic carbocycles. The van der Waals surface area contributed by atoms with Gasteiger partial charge in [-0.05, 0) is 19.9 Å². The Bertz CT molecular complexity index is 506. The molecule has 2 aromatic rings. The van der Waals surface area contributed by atoms with Crippen LogP contribution >= 0.6 is 22.7 Å². The lowest BCUT2D eigenvalue weighted by molar-refractivity contribution is 0.566. The molecule has 104 valence electrons. The van der Waals surface area contributed by atoms with Crippen molar-refractivity contribution < 1.29 is 0 Å². The van der Waals surface area contributed by atoms with Gasteiger partial charge in [0.25, 0.3) is 0 Å². The van der Waals surface area contributed by atoms with Crippen molar-refractivity contribution in [3.8, 4) is 0 Å². The Labute approximate surface area is 122 Å². The fraction of sp³-hybridized carbons (Fsp3) is 0.538. The molecule has 1 unspecified atom stereocenters. The minimum absolute atomic E-state index is 0.268. The van der Waals surface area contributed by atoms with Gasteiger partial charge in [0.1, 0.15) is 5.01 Å². The molecule has 0 saturated heterocycles. The molecule has 2 rings (SSSR count). The van der Waals surface area contributed by atoms with E-state index in [1.807, 2.05) is 6.20 Å². The lowest BCUT2D eigenvalue weighted by Crippen LogP contribution is -2.18. The summed E-state index contributed by atoms with van der Waals surface area (Å²) in [5.74, 6) is 0. The number of nitrogens with one attached hydrogen (secondary N) is 1. The second kappa shape index (κ2) is 7.09. The summed E-state index contributed by atoms with van der Waals surface area (Å²) < 4.78 is 0. The highest BCUT2D eigenvalue weighted by atomic mass is 32.1. The third kappa shape index (κ3) is 4.07. The molecule has 0 amide bonds. The first kappa shape index (κ1) is 14.6. The molecule has 0 aliphatic heterocycles. The molecular weight excluding hydrogens is 276 g/mol. The van der Waals surface area contributed by atoms with Gasteiger partial charge in [-0.1, -0.05) is 6.92 Å². The van der Waals surface area contributed by atoms with E-state index in [0.717, 1.165) is 35.1 Å². The SMILES string of the molecule is CCc1cnc(C(C)NCc2csc(CCN)n2)s1. The first-order chi connectivity index (χ1) is 9.22. The largest absolute Gasteiger partial charge is 0.330 e. The van der Waals surface area contributed by atoms with E-state index in [1.54, 1.807) is 22.7 Å². The van der Waals surface area contributed by atoms with Gasteiger partial charge in [0.15, 0.2) is 0 Å². The molecule has 3 N–H and O–H groups in total. The summed E-state index contributed by atoms with van der Waals surface area (Å²) in [7, 11) is 0. The lowest BCUT2D eigenvalue weighted by atomic mass is 10.3. The Balaban J connectivity index is 1.86. The molecule has 6 heteroatoms. The van der Waals surface area contributed by atoms with Crippen molar-refractivity contribution in [2.75, 3.05) is 6.54 Å². The molecule has 0 aliphatic rings. The topological polar surface area (TPSA) is 63.8 Å². The van der Waals surface area contributed by atoms with Crippen molar-refractivity contribution in [3.05, 3.63) is 32.2 Å². The van der Waals surface area contributed by atoms with Crippen molar-refractivity contribution in [3.63, 3.8) is 0 Å². The maximum atomic E-state index is 5.53. The predicted octanol–water partition coefficient (Wildman–Crippen LogP) is 2.51. The number of thiazole rings is 2. The molecule has 0 aromatic carbocycles. The minimum atomic E-state index is 0.268. The molecule has 2 heterocycles. The van der Waals surface area contributed by atoms with Gasteiger partial charge in [-0.3, -0.25) is 0 Å². The zero-order valence-electron chi connectivity index (χ0n) is 11.3. The Morgan fingerprint density at radius 1 is 1.47 bits per heavy atom. The molecule has 19 heavy (non-hydrogen) atoms. The highest BCUT2D eigenvalue weighted by molar-refractivity contribution is 7.11. The molecule has 4 nitrogen and oxygen atoms in total. The molecule has 1 atom stereocenters. The zero-order valence-corrected chi connectivity index (χ0v) is 13.0. The van der Waals surface area contributed by atoms with Gasteiger partial charge in [0.2, 0.25) is 0 Å². The number of rotatable bonds is 7. The maximum absolute atomic E-state index is 5.53. The second-order valence-electron chi connectivity index (χ2n) is 4.39. The van der Waals surface area contributed by atoms with Crippen LogP contribution in [0.5, 0.6) is 0 Å². The van der Waals surface area contributed by atoms with Crippen LogP contribution in [0.15, 0.2) is 11.6 Å². The van der Waals surface area contributed by atoms with Crippen molar-refractivity contribution in [1.29, 1.82) is 0 Å². The van der Waals surface area contributed by atoms with Crippen LogP contribution in [0.25, 0.3) is 0 Å². The molecule has 2 aromatic heterocycles. The van der Waals surface area contributed by atoms with Crippen LogP contribution in [0.2, 0.25) is 0 Å². The Kier molecular flexibility index (Phi) is 5.45. The molecule has 0 bridgehead atoms. The van der Waals surface area contributed by atoms with Crippen LogP contribution < -0.4 is 11.1 Å². The van der Waals surface area contributed by atoms with E-state index in [-0.39, 0.29) is 6.04 Å². The van der Waals surface area contributed by atoms with E-state index in [1.165, 1.54) is 4.88 Å². The van der Waals surface area contributed by atoms with E-state index in [9.17, 15) is 0 Å². The van der Waals surface area contributed by atoms with Gasteiger partial charge in [0.05, 0.1) is 16.7 Å². The Hall–Kier alpha value is -0.820. The van der Waals surface area contributed by atoms with Gasteiger partial charge in [-0.2, -0.15) is 0 Å². The van der Waals surface area contributed by atoms with Gasteiger partial charge >= 0.3 is 0 Å². The first-order valence-electron chi connectivity index (χ1n) is 6.54. The summed E-state index contributed by atoms with van der Waals surface area (Å²) >= 11 is 3.47. The summed E-state index contributed by atoms with van der Waals surface area (Å²) in [6.07, 6.45) is 3.89. The second-order valence-corrected chi connectivity index (χ2v) is 6.48. The molecule has 0 fully saturated rings.